The average molecular weight is 386 g/mol. The fourth-order valence-electron chi connectivity index (χ4n) is 3.14. The minimum absolute atomic E-state index is 0.230. The van der Waals surface area contributed by atoms with Gasteiger partial charge in [0.2, 0.25) is 5.91 Å². The van der Waals surface area contributed by atoms with E-state index >= 15 is 0 Å². The first-order chi connectivity index (χ1) is 13.6. The molecule has 0 aliphatic heterocycles. The van der Waals surface area contributed by atoms with E-state index < -0.39 is 12.0 Å². The zero-order valence-electron chi connectivity index (χ0n) is 16.7. The zero-order chi connectivity index (χ0) is 20.4. The van der Waals surface area contributed by atoms with E-state index in [1.807, 2.05) is 42.5 Å². The third-order valence-corrected chi connectivity index (χ3v) is 4.80. The highest BCUT2D eigenvalue weighted by molar-refractivity contribution is 5.84. The van der Waals surface area contributed by atoms with Crippen molar-refractivity contribution in [3.63, 3.8) is 0 Å². The Bertz CT molecular complexity index is 702. The molecule has 152 valence electrons. The number of rotatable bonds is 11. The van der Waals surface area contributed by atoms with Crippen LogP contribution in [-0.2, 0) is 4.79 Å². The Hall–Kier alpha value is -2.37. The fraction of sp³-hybridized carbons (Fsp3) is 0.435. The van der Waals surface area contributed by atoms with Crippen molar-refractivity contribution in [2.24, 2.45) is 5.92 Å². The second-order valence-electron chi connectivity index (χ2n) is 7.16. The first-order valence-corrected chi connectivity index (χ1v) is 9.88. The van der Waals surface area contributed by atoms with Crippen LogP contribution in [0.2, 0.25) is 0 Å². The third kappa shape index (κ3) is 6.36. The Kier molecular flexibility index (Phi) is 8.98. The second-order valence-corrected chi connectivity index (χ2v) is 7.16. The van der Waals surface area contributed by atoms with Gasteiger partial charge in [0.15, 0.2) is 0 Å². The lowest BCUT2D eigenvalue weighted by Gasteiger charge is -2.21. The van der Waals surface area contributed by atoms with Crippen LogP contribution in [0.4, 0.5) is 0 Å². The van der Waals surface area contributed by atoms with Crippen LogP contribution in [0.25, 0.3) is 0 Å². The molecule has 3 N–H and O–H groups in total. The van der Waals surface area contributed by atoms with Gasteiger partial charge < -0.3 is 20.3 Å². The first kappa shape index (κ1) is 21.9. The predicted molar refractivity (Wildman–Crippen MR) is 110 cm³/mol. The van der Waals surface area contributed by atoms with Gasteiger partial charge in [-0.05, 0) is 35.6 Å². The Morgan fingerprint density at radius 3 is 2.25 bits per heavy atom. The van der Waals surface area contributed by atoms with Crippen LogP contribution >= 0.6 is 0 Å². The molecule has 0 bridgehead atoms. The number of ether oxygens (including phenoxy) is 1. The summed E-state index contributed by atoms with van der Waals surface area (Å²) >= 11 is 0. The van der Waals surface area contributed by atoms with E-state index in [0.29, 0.717) is 12.5 Å². The summed E-state index contributed by atoms with van der Waals surface area (Å²) in [5.41, 5.74) is 1.53. The summed E-state index contributed by atoms with van der Waals surface area (Å²) in [7, 11) is 0. The van der Waals surface area contributed by atoms with E-state index in [0.717, 1.165) is 29.7 Å². The Morgan fingerprint density at radius 2 is 1.68 bits per heavy atom. The minimum atomic E-state index is -0.669. The number of amides is 1. The van der Waals surface area contributed by atoms with Crippen LogP contribution < -0.4 is 10.1 Å². The van der Waals surface area contributed by atoms with Gasteiger partial charge in [0.25, 0.3) is 0 Å². The van der Waals surface area contributed by atoms with Gasteiger partial charge in [-0.2, -0.15) is 0 Å². The minimum Gasteiger partial charge on any atom is -0.493 e. The zero-order valence-corrected chi connectivity index (χ0v) is 16.7. The highest BCUT2D eigenvalue weighted by atomic mass is 16.5. The molecule has 0 aliphatic rings. The maximum absolute atomic E-state index is 12.6. The van der Waals surface area contributed by atoms with E-state index in [1.54, 1.807) is 12.1 Å². The van der Waals surface area contributed by atoms with Crippen LogP contribution in [0.1, 0.15) is 49.8 Å². The molecule has 2 unspecified atom stereocenters. The van der Waals surface area contributed by atoms with Crippen LogP contribution in [-0.4, -0.2) is 35.9 Å². The van der Waals surface area contributed by atoms with Crippen LogP contribution in [0.5, 0.6) is 5.75 Å². The summed E-state index contributed by atoms with van der Waals surface area (Å²) in [5, 5.41) is 22.2. The maximum Gasteiger partial charge on any atom is 0.230 e. The molecule has 2 aromatic rings. The molecule has 0 aromatic heterocycles. The summed E-state index contributed by atoms with van der Waals surface area (Å²) in [6, 6.07) is 16.0. The van der Waals surface area contributed by atoms with Crippen molar-refractivity contribution in [2.45, 2.75) is 38.6 Å². The van der Waals surface area contributed by atoms with Gasteiger partial charge in [-0.25, -0.2) is 0 Å². The number of nitrogens with one attached hydrogen (secondary N) is 1. The number of aliphatic hydroxyl groups excluding tert-OH is 2. The summed E-state index contributed by atoms with van der Waals surface area (Å²) in [6.07, 6.45) is 2.27. The lowest BCUT2D eigenvalue weighted by atomic mass is 9.98. The van der Waals surface area contributed by atoms with E-state index in [-0.39, 0.29) is 19.1 Å². The van der Waals surface area contributed by atoms with Gasteiger partial charge >= 0.3 is 0 Å². The van der Waals surface area contributed by atoms with Gasteiger partial charge in [0.05, 0.1) is 31.8 Å². The summed E-state index contributed by atoms with van der Waals surface area (Å²) < 4.78 is 5.80. The number of hydrogen-bond acceptors (Lipinski definition) is 4. The van der Waals surface area contributed by atoms with Gasteiger partial charge in [-0.15, -0.1) is 0 Å². The molecule has 0 saturated carbocycles. The number of benzene rings is 2. The fourth-order valence-corrected chi connectivity index (χ4v) is 3.14. The molecule has 3 atom stereocenters. The quantitative estimate of drug-likeness (QED) is 0.554. The standard InChI is InChI=1S/C23H31NO4/c1-3-7-17(2)16-28-20-12-10-19(11-13-20)22(15-26)24-23(27)21(14-25)18-8-5-4-6-9-18/h4-6,8-13,17,21-22,25-26H,3,7,14-16H2,1-2H3,(H,24,27)/t17?,21?,22-/m0/s1. The lowest BCUT2D eigenvalue weighted by molar-refractivity contribution is -0.124. The van der Waals surface area contributed by atoms with Gasteiger partial charge in [-0.1, -0.05) is 62.7 Å². The second kappa shape index (κ2) is 11.5. The number of carbonyl (C=O) groups is 1. The van der Waals surface area contributed by atoms with E-state index in [2.05, 4.69) is 19.2 Å². The molecule has 0 fully saturated rings. The largest absolute Gasteiger partial charge is 0.493 e. The van der Waals surface area contributed by atoms with E-state index in [1.165, 1.54) is 0 Å². The SMILES string of the molecule is CCCC(C)COc1ccc([C@H](CO)NC(=O)C(CO)c2ccccc2)cc1. The van der Waals surface area contributed by atoms with Crippen LogP contribution in [0.15, 0.2) is 54.6 Å². The molecule has 5 nitrogen and oxygen atoms in total. The monoisotopic (exact) mass is 385 g/mol. The summed E-state index contributed by atoms with van der Waals surface area (Å²) in [4.78, 5) is 12.6. The maximum atomic E-state index is 12.6. The molecule has 0 saturated heterocycles. The topological polar surface area (TPSA) is 78.8 Å². The number of aliphatic hydroxyl groups is 2. The third-order valence-electron chi connectivity index (χ3n) is 4.80. The first-order valence-electron chi connectivity index (χ1n) is 9.88. The van der Waals surface area contributed by atoms with Crippen molar-refractivity contribution in [3.05, 3.63) is 65.7 Å². The highest BCUT2D eigenvalue weighted by Crippen LogP contribution is 2.21. The molecule has 28 heavy (non-hydrogen) atoms. The van der Waals surface area contributed by atoms with Gasteiger partial charge in [-0.3, -0.25) is 4.79 Å². The lowest BCUT2D eigenvalue weighted by Crippen LogP contribution is -2.36. The molecule has 0 aliphatic carbocycles. The number of carbonyl (C=O) groups excluding carboxylic acids is 1. The Balaban J connectivity index is 1.99. The molecule has 5 heteroatoms. The molecule has 0 spiro atoms. The Morgan fingerprint density at radius 1 is 1.00 bits per heavy atom. The molecule has 1 amide bonds. The molecule has 2 aromatic carbocycles. The normalized spacial score (nSPS) is 14.1. The predicted octanol–water partition coefficient (Wildman–Crippen LogP) is 3.43. The average Bonchev–Trinajstić information content (AvgIpc) is 2.72. The summed E-state index contributed by atoms with van der Waals surface area (Å²) in [6.45, 7) is 4.47. The highest BCUT2D eigenvalue weighted by Gasteiger charge is 2.23. The smallest absolute Gasteiger partial charge is 0.230 e. The van der Waals surface area contributed by atoms with Crippen LogP contribution in [0.3, 0.4) is 0 Å². The summed E-state index contributed by atoms with van der Waals surface area (Å²) in [5.74, 6) is 0.286. The van der Waals surface area contributed by atoms with E-state index in [4.69, 9.17) is 4.74 Å². The van der Waals surface area contributed by atoms with Crippen molar-refractivity contribution in [1.82, 2.24) is 5.32 Å². The molecule has 0 heterocycles. The number of hydrogen-bond donors (Lipinski definition) is 3. The van der Waals surface area contributed by atoms with Gasteiger partial charge in [0, 0.05) is 0 Å². The molecule has 0 radical (unpaired) electrons. The van der Waals surface area contributed by atoms with Gasteiger partial charge in [0.1, 0.15) is 5.75 Å². The van der Waals surface area contributed by atoms with Crippen LogP contribution in [0, 0.1) is 5.92 Å². The molecular formula is C23H31NO4. The molecule has 2 rings (SSSR count). The van der Waals surface area contributed by atoms with Crippen molar-refractivity contribution >= 4 is 5.91 Å². The van der Waals surface area contributed by atoms with E-state index in [9.17, 15) is 15.0 Å². The molecular weight excluding hydrogens is 354 g/mol. The van der Waals surface area contributed by atoms with Crippen molar-refractivity contribution in [1.29, 1.82) is 0 Å². The van der Waals surface area contributed by atoms with Crippen molar-refractivity contribution in [2.75, 3.05) is 19.8 Å². The Labute approximate surface area is 167 Å². The van der Waals surface area contributed by atoms with Crippen molar-refractivity contribution < 1.29 is 19.7 Å². The van der Waals surface area contributed by atoms with Crippen molar-refractivity contribution in [3.8, 4) is 5.75 Å².